The lowest BCUT2D eigenvalue weighted by atomic mass is 10.0. The Balaban J connectivity index is 2.54. The van der Waals surface area contributed by atoms with Gasteiger partial charge in [-0.15, -0.1) is 0 Å². The summed E-state index contributed by atoms with van der Waals surface area (Å²) in [6, 6.07) is 4.95. The second-order valence-electron chi connectivity index (χ2n) is 4.60. The van der Waals surface area contributed by atoms with Crippen LogP contribution in [0.1, 0.15) is 22.7 Å². The fraction of sp³-hybridized carbons (Fsp3) is 0.538. The van der Waals surface area contributed by atoms with Gasteiger partial charge in [-0.05, 0) is 19.4 Å². The average Bonchev–Trinajstić information content (AvgIpc) is 2.27. The standard InChI is InChI=1S/C13H17F4NO/c1-8-3-9(2)5-10(4-8)11(18)6-19-7-13(16,17)12(14)15/h3-5,11-12H,6-7,18H2,1-2H3. The number of halogens is 4. The van der Waals surface area contributed by atoms with Crippen LogP contribution in [-0.4, -0.2) is 25.6 Å². The third-order valence-corrected chi connectivity index (χ3v) is 2.58. The number of hydrogen-bond acceptors (Lipinski definition) is 2. The van der Waals surface area contributed by atoms with E-state index in [0.717, 1.165) is 16.7 Å². The Labute approximate surface area is 109 Å². The third kappa shape index (κ3) is 4.80. The number of aryl methyl sites for hydroxylation is 2. The van der Waals surface area contributed by atoms with E-state index < -0.39 is 25.0 Å². The van der Waals surface area contributed by atoms with Gasteiger partial charge in [-0.3, -0.25) is 0 Å². The van der Waals surface area contributed by atoms with E-state index in [-0.39, 0.29) is 6.61 Å². The van der Waals surface area contributed by atoms with Crippen LogP contribution in [0.25, 0.3) is 0 Å². The van der Waals surface area contributed by atoms with Gasteiger partial charge >= 0.3 is 12.3 Å². The molecule has 1 aromatic carbocycles. The summed E-state index contributed by atoms with van der Waals surface area (Å²) in [6.45, 7) is 2.21. The zero-order valence-electron chi connectivity index (χ0n) is 10.8. The van der Waals surface area contributed by atoms with E-state index in [1.807, 2.05) is 32.0 Å². The Morgan fingerprint density at radius 3 is 2.16 bits per heavy atom. The first-order valence-electron chi connectivity index (χ1n) is 5.80. The van der Waals surface area contributed by atoms with Crippen LogP contribution in [0.3, 0.4) is 0 Å². The molecule has 2 nitrogen and oxygen atoms in total. The van der Waals surface area contributed by atoms with Crippen molar-refractivity contribution in [1.29, 1.82) is 0 Å². The highest BCUT2D eigenvalue weighted by molar-refractivity contribution is 5.30. The molecule has 0 fully saturated rings. The van der Waals surface area contributed by atoms with Crippen LogP contribution in [0.4, 0.5) is 17.6 Å². The second-order valence-corrected chi connectivity index (χ2v) is 4.60. The van der Waals surface area contributed by atoms with Crippen molar-refractivity contribution in [3.8, 4) is 0 Å². The Hall–Kier alpha value is -1.14. The lowest BCUT2D eigenvalue weighted by molar-refractivity contribution is -0.166. The molecule has 0 bridgehead atoms. The fourth-order valence-electron chi connectivity index (χ4n) is 1.71. The highest BCUT2D eigenvalue weighted by Crippen LogP contribution is 2.23. The largest absolute Gasteiger partial charge is 0.373 e. The maximum absolute atomic E-state index is 12.6. The van der Waals surface area contributed by atoms with E-state index >= 15 is 0 Å². The SMILES string of the molecule is Cc1cc(C)cc(C(N)COCC(F)(F)C(F)F)c1. The summed E-state index contributed by atoms with van der Waals surface area (Å²) in [4.78, 5) is 0. The van der Waals surface area contributed by atoms with E-state index in [1.54, 1.807) is 0 Å². The Kier molecular flexibility index (Phi) is 5.31. The molecule has 0 aliphatic carbocycles. The smallest absolute Gasteiger partial charge is 0.330 e. The van der Waals surface area contributed by atoms with Crippen molar-refractivity contribution in [2.75, 3.05) is 13.2 Å². The molecule has 2 N–H and O–H groups in total. The summed E-state index contributed by atoms with van der Waals surface area (Å²) in [5.41, 5.74) is 8.49. The first kappa shape index (κ1) is 15.9. The average molecular weight is 279 g/mol. The quantitative estimate of drug-likeness (QED) is 0.811. The van der Waals surface area contributed by atoms with Gasteiger partial charge in [-0.25, -0.2) is 8.78 Å². The van der Waals surface area contributed by atoms with E-state index in [4.69, 9.17) is 5.73 Å². The molecule has 19 heavy (non-hydrogen) atoms. The summed E-state index contributed by atoms with van der Waals surface area (Å²) in [7, 11) is 0. The zero-order chi connectivity index (χ0) is 14.6. The molecule has 1 aromatic rings. The van der Waals surface area contributed by atoms with Crippen molar-refractivity contribution in [1.82, 2.24) is 0 Å². The lowest BCUT2D eigenvalue weighted by Gasteiger charge is -2.18. The summed E-state index contributed by atoms with van der Waals surface area (Å²) in [5.74, 6) is -4.14. The van der Waals surface area contributed by atoms with Gasteiger partial charge in [0.15, 0.2) is 0 Å². The highest BCUT2D eigenvalue weighted by atomic mass is 19.3. The van der Waals surface area contributed by atoms with Crippen LogP contribution in [0, 0.1) is 13.8 Å². The molecule has 1 unspecified atom stereocenters. The Bertz CT molecular complexity index is 403. The molecule has 0 aliphatic heterocycles. The van der Waals surface area contributed by atoms with E-state index in [9.17, 15) is 17.6 Å². The molecule has 0 aromatic heterocycles. The molecular formula is C13H17F4NO. The molecular weight excluding hydrogens is 262 g/mol. The Morgan fingerprint density at radius 2 is 1.68 bits per heavy atom. The Morgan fingerprint density at radius 1 is 1.16 bits per heavy atom. The zero-order valence-corrected chi connectivity index (χ0v) is 10.8. The van der Waals surface area contributed by atoms with E-state index in [1.165, 1.54) is 0 Å². The molecule has 0 saturated carbocycles. The third-order valence-electron chi connectivity index (χ3n) is 2.58. The van der Waals surface area contributed by atoms with E-state index in [2.05, 4.69) is 4.74 Å². The minimum Gasteiger partial charge on any atom is -0.373 e. The first-order chi connectivity index (χ1) is 8.72. The van der Waals surface area contributed by atoms with Gasteiger partial charge < -0.3 is 10.5 Å². The van der Waals surface area contributed by atoms with Gasteiger partial charge in [0.1, 0.15) is 6.61 Å². The summed E-state index contributed by atoms with van der Waals surface area (Å²) in [5, 5.41) is 0. The molecule has 6 heteroatoms. The molecule has 108 valence electrons. The van der Waals surface area contributed by atoms with Gasteiger partial charge in [-0.1, -0.05) is 29.3 Å². The van der Waals surface area contributed by atoms with Gasteiger partial charge in [0.05, 0.1) is 12.6 Å². The van der Waals surface area contributed by atoms with Gasteiger partial charge in [-0.2, -0.15) is 8.78 Å². The number of nitrogens with two attached hydrogens (primary N) is 1. The molecule has 0 amide bonds. The number of alkyl halides is 4. The van der Waals surface area contributed by atoms with Crippen molar-refractivity contribution in [2.45, 2.75) is 32.2 Å². The van der Waals surface area contributed by atoms with Gasteiger partial charge in [0.2, 0.25) is 0 Å². The predicted molar refractivity (Wildman–Crippen MR) is 64.6 cm³/mol. The molecule has 1 rings (SSSR count). The van der Waals surface area contributed by atoms with E-state index in [0.29, 0.717) is 0 Å². The molecule has 0 heterocycles. The van der Waals surface area contributed by atoms with Crippen LogP contribution in [-0.2, 0) is 4.74 Å². The minimum absolute atomic E-state index is 0.231. The fourth-order valence-corrected chi connectivity index (χ4v) is 1.71. The maximum Gasteiger partial charge on any atom is 0.330 e. The van der Waals surface area contributed by atoms with Crippen LogP contribution >= 0.6 is 0 Å². The number of rotatable bonds is 6. The van der Waals surface area contributed by atoms with Crippen LogP contribution < -0.4 is 5.73 Å². The molecule has 1 atom stereocenters. The van der Waals surface area contributed by atoms with Crippen molar-refractivity contribution < 1.29 is 22.3 Å². The molecule has 0 spiro atoms. The van der Waals surface area contributed by atoms with Crippen molar-refractivity contribution in [2.24, 2.45) is 5.73 Å². The number of benzene rings is 1. The summed E-state index contributed by atoms with van der Waals surface area (Å²) < 4.78 is 53.6. The number of hydrogen-bond donors (Lipinski definition) is 1. The lowest BCUT2D eigenvalue weighted by Crippen LogP contribution is -2.33. The normalized spacial score (nSPS) is 13.9. The van der Waals surface area contributed by atoms with Gasteiger partial charge in [0, 0.05) is 0 Å². The van der Waals surface area contributed by atoms with Crippen LogP contribution in [0.2, 0.25) is 0 Å². The van der Waals surface area contributed by atoms with Crippen LogP contribution in [0.15, 0.2) is 18.2 Å². The predicted octanol–water partition coefficient (Wildman–Crippen LogP) is 3.22. The number of ether oxygens (including phenoxy) is 1. The highest BCUT2D eigenvalue weighted by Gasteiger charge is 2.41. The molecule has 0 radical (unpaired) electrons. The van der Waals surface area contributed by atoms with Crippen molar-refractivity contribution in [3.63, 3.8) is 0 Å². The monoisotopic (exact) mass is 279 g/mol. The van der Waals surface area contributed by atoms with Crippen molar-refractivity contribution >= 4 is 0 Å². The minimum atomic E-state index is -4.14. The van der Waals surface area contributed by atoms with Gasteiger partial charge in [0.25, 0.3) is 0 Å². The summed E-state index contributed by atoms with van der Waals surface area (Å²) >= 11 is 0. The molecule has 0 saturated heterocycles. The topological polar surface area (TPSA) is 35.2 Å². The summed E-state index contributed by atoms with van der Waals surface area (Å²) in [6.07, 6.45) is -3.73. The maximum atomic E-state index is 12.6. The second kappa shape index (κ2) is 6.34. The molecule has 0 aliphatic rings. The van der Waals surface area contributed by atoms with Crippen LogP contribution in [0.5, 0.6) is 0 Å². The van der Waals surface area contributed by atoms with Crippen molar-refractivity contribution in [3.05, 3.63) is 34.9 Å². The first-order valence-corrected chi connectivity index (χ1v) is 5.80.